The Bertz CT molecular complexity index is 2080. The lowest BCUT2D eigenvalue weighted by Crippen LogP contribution is -2.16. The molecule has 0 aliphatic carbocycles. The van der Waals surface area contributed by atoms with Crippen molar-refractivity contribution in [3.63, 3.8) is 0 Å². The van der Waals surface area contributed by atoms with Crippen LogP contribution in [0.4, 0.5) is 0 Å². The topological polar surface area (TPSA) is 218 Å². The molecule has 2 aromatic heterocycles. The van der Waals surface area contributed by atoms with Crippen LogP contribution in [-0.2, 0) is 19.7 Å². The molecule has 6 rings (SSSR count). The zero-order valence-corrected chi connectivity index (χ0v) is 29.2. The molecule has 0 aliphatic heterocycles. The van der Waals surface area contributed by atoms with Gasteiger partial charge in [0, 0.05) is 59.4 Å². The summed E-state index contributed by atoms with van der Waals surface area (Å²) in [5.74, 6) is 0.103. The SMILES string of the molecule is Cl.Cl.NCCS(=O)(=O)c1cc(-c2ccc(O)cc2)cc2cnccc12.NCCS(=O)(=O)c1cc(-c2ccc(O)cc2)cc2cnccc12.O. The maximum Gasteiger partial charge on any atom is 0.180 e. The molecule has 0 radical (unpaired) electrons. The summed E-state index contributed by atoms with van der Waals surface area (Å²) in [7, 11) is -6.96. The number of fused-ring (bicyclic) bond motifs is 2. The van der Waals surface area contributed by atoms with Gasteiger partial charge in [0.1, 0.15) is 11.5 Å². The third-order valence-electron chi connectivity index (χ3n) is 7.27. The van der Waals surface area contributed by atoms with Gasteiger partial charge in [-0.15, -0.1) is 24.8 Å². The number of aromatic nitrogens is 2. The third-order valence-corrected chi connectivity index (χ3v) is 10.8. The lowest BCUT2D eigenvalue weighted by atomic mass is 10.0. The first-order chi connectivity index (χ1) is 22.0. The Balaban J connectivity index is 0.000000321. The van der Waals surface area contributed by atoms with Crippen LogP contribution in [0.1, 0.15) is 0 Å². The lowest BCUT2D eigenvalue weighted by Gasteiger charge is -2.11. The van der Waals surface area contributed by atoms with Gasteiger partial charge in [0.25, 0.3) is 0 Å². The molecule has 49 heavy (non-hydrogen) atoms. The van der Waals surface area contributed by atoms with E-state index >= 15 is 0 Å². The molecule has 8 N–H and O–H groups in total. The van der Waals surface area contributed by atoms with E-state index in [0.717, 1.165) is 33.0 Å². The molecule has 0 fully saturated rings. The lowest BCUT2D eigenvalue weighted by molar-refractivity contribution is 0.475. The van der Waals surface area contributed by atoms with Crippen LogP contribution in [0.25, 0.3) is 43.8 Å². The molecule has 4 aromatic carbocycles. The predicted molar refractivity (Wildman–Crippen MR) is 198 cm³/mol. The second-order valence-electron chi connectivity index (χ2n) is 10.5. The number of pyridine rings is 2. The van der Waals surface area contributed by atoms with Crippen molar-refractivity contribution in [1.82, 2.24) is 9.97 Å². The maximum absolute atomic E-state index is 12.5. The Kier molecular flexibility index (Phi) is 14.5. The van der Waals surface area contributed by atoms with Gasteiger partial charge in [-0.3, -0.25) is 9.97 Å². The van der Waals surface area contributed by atoms with Crippen LogP contribution in [0.3, 0.4) is 0 Å². The molecule has 260 valence electrons. The van der Waals surface area contributed by atoms with E-state index in [1.54, 1.807) is 97.6 Å². The van der Waals surface area contributed by atoms with Crippen molar-refractivity contribution in [2.75, 3.05) is 24.6 Å². The third kappa shape index (κ3) is 9.43. The second kappa shape index (κ2) is 17.4. The van der Waals surface area contributed by atoms with E-state index in [-0.39, 0.29) is 76.2 Å². The number of nitrogens with two attached hydrogens (primary N) is 2. The summed E-state index contributed by atoms with van der Waals surface area (Å²) in [6, 6.07) is 23.7. The van der Waals surface area contributed by atoms with Crippen molar-refractivity contribution >= 4 is 66.0 Å². The quantitative estimate of drug-likeness (QED) is 0.168. The van der Waals surface area contributed by atoms with Gasteiger partial charge in [-0.2, -0.15) is 0 Å². The van der Waals surface area contributed by atoms with Gasteiger partial charge in [0.2, 0.25) is 0 Å². The molecule has 0 aliphatic rings. The largest absolute Gasteiger partial charge is 0.508 e. The Morgan fingerprint density at radius 1 is 0.531 bits per heavy atom. The molecule has 0 amide bonds. The van der Waals surface area contributed by atoms with Gasteiger partial charge < -0.3 is 27.2 Å². The predicted octanol–water partition coefficient (Wildman–Crippen LogP) is 4.70. The molecule has 0 atom stereocenters. The Morgan fingerprint density at radius 2 is 0.878 bits per heavy atom. The minimum absolute atomic E-state index is 0. The number of aromatic hydroxyl groups is 2. The smallest absolute Gasteiger partial charge is 0.180 e. The van der Waals surface area contributed by atoms with Crippen LogP contribution in [-0.4, -0.2) is 67.1 Å². The van der Waals surface area contributed by atoms with E-state index < -0.39 is 19.7 Å². The molecule has 11 nitrogen and oxygen atoms in total. The zero-order valence-electron chi connectivity index (χ0n) is 25.9. The number of sulfone groups is 2. The minimum Gasteiger partial charge on any atom is -0.508 e. The highest BCUT2D eigenvalue weighted by Crippen LogP contribution is 2.33. The number of rotatable bonds is 8. The Hall–Kier alpha value is -4.34. The normalized spacial score (nSPS) is 11.0. The molecule has 0 saturated heterocycles. The second-order valence-corrected chi connectivity index (χ2v) is 14.6. The average molecular weight is 748 g/mol. The number of hydrogen-bond acceptors (Lipinski definition) is 10. The summed E-state index contributed by atoms with van der Waals surface area (Å²) >= 11 is 0. The summed E-state index contributed by atoms with van der Waals surface area (Å²) in [5.41, 5.74) is 14.0. The number of phenols is 2. The fourth-order valence-corrected chi connectivity index (χ4v) is 7.75. The van der Waals surface area contributed by atoms with Crippen LogP contribution in [0, 0.1) is 0 Å². The molecule has 0 saturated carbocycles. The molecule has 15 heteroatoms. The van der Waals surface area contributed by atoms with E-state index in [0.29, 0.717) is 10.8 Å². The van der Waals surface area contributed by atoms with E-state index in [9.17, 15) is 27.0 Å². The van der Waals surface area contributed by atoms with Gasteiger partial charge >= 0.3 is 0 Å². The van der Waals surface area contributed by atoms with Gasteiger partial charge in [-0.25, -0.2) is 16.8 Å². The van der Waals surface area contributed by atoms with Crippen molar-refractivity contribution in [3.05, 3.63) is 110 Å². The van der Waals surface area contributed by atoms with Crippen LogP contribution in [0.2, 0.25) is 0 Å². The number of benzene rings is 4. The van der Waals surface area contributed by atoms with Crippen LogP contribution < -0.4 is 11.5 Å². The standard InChI is InChI=1S/2C17H16N2O3S.2ClH.H2O/c2*18-6-8-23(21,22)17-10-13(12-1-3-15(20)4-2-12)9-14-11-19-7-5-16(14)17;;;/h2*1-5,7,9-11,20H,6,8,18H2;2*1H;1H2. The Morgan fingerprint density at radius 3 is 1.20 bits per heavy atom. The van der Waals surface area contributed by atoms with Gasteiger partial charge in [-0.05, 0) is 82.9 Å². The van der Waals surface area contributed by atoms with Crippen LogP contribution in [0.15, 0.2) is 120 Å². The minimum atomic E-state index is -3.48. The summed E-state index contributed by atoms with van der Waals surface area (Å²) in [6.45, 7) is 0.136. The maximum atomic E-state index is 12.5. The van der Waals surface area contributed by atoms with Crippen molar-refractivity contribution in [2.45, 2.75) is 9.79 Å². The summed E-state index contributed by atoms with van der Waals surface area (Å²) in [4.78, 5) is 8.65. The van der Waals surface area contributed by atoms with Crippen molar-refractivity contribution in [1.29, 1.82) is 0 Å². The number of hydrogen-bond donors (Lipinski definition) is 4. The molecular weight excluding hydrogens is 711 g/mol. The first-order valence-corrected chi connectivity index (χ1v) is 17.5. The molecule has 0 unspecified atom stereocenters. The summed E-state index contributed by atoms with van der Waals surface area (Å²) < 4.78 is 50.2. The number of nitrogens with zero attached hydrogens (tertiary/aromatic N) is 2. The zero-order chi connectivity index (χ0) is 32.9. The molecule has 0 bridgehead atoms. The first kappa shape index (κ1) is 40.8. The van der Waals surface area contributed by atoms with Crippen molar-refractivity contribution in [2.24, 2.45) is 11.5 Å². The molecule has 0 spiro atoms. The molecular formula is C34H36Cl2N4O7S2. The molecule has 6 aromatic rings. The Labute approximate surface area is 296 Å². The van der Waals surface area contributed by atoms with E-state index in [2.05, 4.69) is 9.97 Å². The monoisotopic (exact) mass is 746 g/mol. The van der Waals surface area contributed by atoms with Gasteiger partial charge in [-0.1, -0.05) is 24.3 Å². The van der Waals surface area contributed by atoms with Gasteiger partial charge in [0.05, 0.1) is 21.3 Å². The van der Waals surface area contributed by atoms with Crippen molar-refractivity contribution in [3.8, 4) is 33.8 Å². The summed E-state index contributed by atoms with van der Waals surface area (Å²) in [5, 5.41) is 21.6. The fraction of sp³-hybridized carbons (Fsp3) is 0.118. The molecule has 2 heterocycles. The average Bonchev–Trinajstić information content (AvgIpc) is 3.04. The van der Waals surface area contributed by atoms with Gasteiger partial charge in [0.15, 0.2) is 19.7 Å². The van der Waals surface area contributed by atoms with E-state index in [1.807, 2.05) is 12.1 Å². The van der Waals surface area contributed by atoms with E-state index in [1.165, 1.54) is 0 Å². The highest BCUT2D eigenvalue weighted by molar-refractivity contribution is 7.92. The van der Waals surface area contributed by atoms with E-state index in [4.69, 9.17) is 11.5 Å². The number of halogens is 2. The fourth-order valence-electron chi connectivity index (χ4n) is 5.03. The number of phenolic OH excluding ortho intramolecular Hbond substituents is 2. The summed E-state index contributed by atoms with van der Waals surface area (Å²) in [6.07, 6.45) is 6.43. The highest BCUT2D eigenvalue weighted by atomic mass is 35.5. The van der Waals surface area contributed by atoms with Crippen LogP contribution >= 0.6 is 24.8 Å². The first-order valence-electron chi connectivity index (χ1n) is 14.2. The highest BCUT2D eigenvalue weighted by Gasteiger charge is 2.20. The van der Waals surface area contributed by atoms with Crippen LogP contribution in [0.5, 0.6) is 11.5 Å². The van der Waals surface area contributed by atoms with Crippen molar-refractivity contribution < 1.29 is 32.5 Å².